The zero-order chi connectivity index (χ0) is 13.0. The highest BCUT2D eigenvalue weighted by atomic mass is 32.2. The Morgan fingerprint density at radius 1 is 1.44 bits per heavy atom. The fourth-order valence-corrected chi connectivity index (χ4v) is 3.13. The molecule has 1 aromatic carbocycles. The first-order valence-electron chi connectivity index (χ1n) is 6.45. The number of anilines is 1. The van der Waals surface area contributed by atoms with Gasteiger partial charge in [0.05, 0.1) is 0 Å². The van der Waals surface area contributed by atoms with Gasteiger partial charge in [-0.25, -0.2) is 0 Å². The molecule has 1 amide bonds. The van der Waals surface area contributed by atoms with Gasteiger partial charge >= 0.3 is 0 Å². The number of nitrogens with one attached hydrogen (secondary N) is 1. The van der Waals surface area contributed by atoms with Crippen molar-refractivity contribution in [3.8, 4) is 0 Å². The maximum Gasteiger partial charge on any atom is 0.253 e. The van der Waals surface area contributed by atoms with Crippen LogP contribution in [0, 0.1) is 0 Å². The Labute approximate surface area is 113 Å². The Morgan fingerprint density at radius 3 is 2.78 bits per heavy atom. The lowest BCUT2D eigenvalue weighted by Crippen LogP contribution is -2.40. The lowest BCUT2D eigenvalue weighted by molar-refractivity contribution is 0.0763. The summed E-state index contributed by atoms with van der Waals surface area (Å²) in [4.78, 5) is 14.3. The molecular weight excluding hydrogens is 244 g/mol. The molecule has 0 saturated carbocycles. The van der Waals surface area contributed by atoms with Crippen molar-refractivity contribution in [3.05, 3.63) is 29.8 Å². The Kier molecular flexibility index (Phi) is 4.53. The normalized spacial score (nSPS) is 19.7. The fraction of sp³-hybridized carbons (Fsp3) is 0.500. The monoisotopic (exact) mass is 264 g/mol. The second-order valence-corrected chi connectivity index (χ2v) is 6.09. The second kappa shape index (κ2) is 6.14. The van der Waals surface area contributed by atoms with E-state index in [0.29, 0.717) is 5.25 Å². The van der Waals surface area contributed by atoms with Crippen molar-refractivity contribution in [1.29, 1.82) is 0 Å². The van der Waals surface area contributed by atoms with Crippen molar-refractivity contribution in [2.24, 2.45) is 0 Å². The average molecular weight is 264 g/mol. The van der Waals surface area contributed by atoms with E-state index >= 15 is 0 Å². The number of benzene rings is 1. The van der Waals surface area contributed by atoms with Gasteiger partial charge in [0.1, 0.15) is 0 Å². The van der Waals surface area contributed by atoms with Crippen LogP contribution in [0.1, 0.15) is 24.2 Å². The van der Waals surface area contributed by atoms with Crippen LogP contribution in [0.3, 0.4) is 0 Å². The Balaban J connectivity index is 2.03. The van der Waals surface area contributed by atoms with Gasteiger partial charge in [0.2, 0.25) is 0 Å². The molecule has 98 valence electrons. The van der Waals surface area contributed by atoms with Gasteiger partial charge in [0, 0.05) is 41.9 Å². The Hall–Kier alpha value is -1.16. The summed E-state index contributed by atoms with van der Waals surface area (Å²) in [5.74, 6) is 1.20. The van der Waals surface area contributed by atoms with Crippen LogP contribution in [0.2, 0.25) is 0 Å². The van der Waals surface area contributed by atoms with Gasteiger partial charge < -0.3 is 10.2 Å². The molecule has 0 aliphatic carbocycles. The molecule has 2 rings (SSSR count). The van der Waals surface area contributed by atoms with Crippen molar-refractivity contribution >= 4 is 23.4 Å². The smallest absolute Gasteiger partial charge is 0.253 e. The molecule has 1 aliphatic heterocycles. The van der Waals surface area contributed by atoms with Gasteiger partial charge in [0.25, 0.3) is 5.91 Å². The summed E-state index contributed by atoms with van der Waals surface area (Å²) in [7, 11) is 0. The molecule has 0 radical (unpaired) electrons. The van der Waals surface area contributed by atoms with Crippen LogP contribution >= 0.6 is 11.8 Å². The molecule has 0 spiro atoms. The highest BCUT2D eigenvalue weighted by molar-refractivity contribution is 7.99. The summed E-state index contributed by atoms with van der Waals surface area (Å²) in [6.07, 6.45) is 0. The molecule has 1 unspecified atom stereocenters. The summed E-state index contributed by atoms with van der Waals surface area (Å²) in [5.41, 5.74) is 1.85. The van der Waals surface area contributed by atoms with Crippen molar-refractivity contribution in [3.63, 3.8) is 0 Å². The lowest BCUT2D eigenvalue weighted by Gasteiger charge is -2.30. The zero-order valence-electron chi connectivity index (χ0n) is 11.0. The molecule has 0 bridgehead atoms. The first-order valence-corrected chi connectivity index (χ1v) is 7.50. The van der Waals surface area contributed by atoms with E-state index in [2.05, 4.69) is 19.2 Å². The van der Waals surface area contributed by atoms with Gasteiger partial charge in [0.15, 0.2) is 0 Å². The lowest BCUT2D eigenvalue weighted by atomic mass is 10.1. The average Bonchev–Trinajstić information content (AvgIpc) is 2.39. The summed E-state index contributed by atoms with van der Waals surface area (Å²) in [6, 6.07) is 7.76. The topological polar surface area (TPSA) is 32.3 Å². The third-order valence-corrected chi connectivity index (χ3v) is 4.18. The number of carbonyl (C=O) groups is 1. The SMILES string of the molecule is CCNc1ccc(C(=O)N2CCSC(C)C2)cc1. The minimum atomic E-state index is 0.158. The standard InChI is InChI=1S/C14H20N2OS/c1-3-15-13-6-4-12(5-7-13)14(17)16-8-9-18-11(2)10-16/h4-7,11,15H,3,8-10H2,1-2H3. The summed E-state index contributed by atoms with van der Waals surface area (Å²) < 4.78 is 0. The molecule has 18 heavy (non-hydrogen) atoms. The molecule has 1 saturated heterocycles. The van der Waals surface area contributed by atoms with Crippen molar-refractivity contribution in [2.45, 2.75) is 19.1 Å². The van der Waals surface area contributed by atoms with Crippen molar-refractivity contribution in [2.75, 3.05) is 30.7 Å². The number of hydrogen-bond acceptors (Lipinski definition) is 3. The van der Waals surface area contributed by atoms with Crippen LogP contribution < -0.4 is 5.32 Å². The van der Waals surface area contributed by atoms with Crippen molar-refractivity contribution < 1.29 is 4.79 Å². The number of rotatable bonds is 3. The first-order chi connectivity index (χ1) is 8.70. The fourth-order valence-electron chi connectivity index (χ4n) is 2.12. The van der Waals surface area contributed by atoms with Gasteiger partial charge in [-0.3, -0.25) is 4.79 Å². The summed E-state index contributed by atoms with van der Waals surface area (Å²) >= 11 is 1.94. The van der Waals surface area contributed by atoms with Gasteiger partial charge in [-0.15, -0.1) is 0 Å². The molecule has 1 aromatic rings. The predicted molar refractivity (Wildman–Crippen MR) is 78.4 cm³/mol. The third kappa shape index (κ3) is 3.19. The van der Waals surface area contributed by atoms with Gasteiger partial charge in [-0.2, -0.15) is 11.8 Å². The van der Waals surface area contributed by atoms with Gasteiger partial charge in [-0.05, 0) is 31.2 Å². The summed E-state index contributed by atoms with van der Waals surface area (Å²) in [6.45, 7) is 6.86. The number of amides is 1. The van der Waals surface area contributed by atoms with Crippen LogP contribution in [-0.2, 0) is 0 Å². The van der Waals surface area contributed by atoms with E-state index in [4.69, 9.17) is 0 Å². The number of nitrogens with zero attached hydrogens (tertiary/aromatic N) is 1. The van der Waals surface area contributed by atoms with Crippen LogP contribution in [0.15, 0.2) is 24.3 Å². The highest BCUT2D eigenvalue weighted by Gasteiger charge is 2.22. The van der Waals surface area contributed by atoms with Crippen LogP contribution in [0.25, 0.3) is 0 Å². The molecule has 1 N–H and O–H groups in total. The minimum Gasteiger partial charge on any atom is -0.385 e. The molecular formula is C14H20N2OS. The molecule has 1 fully saturated rings. The second-order valence-electron chi connectivity index (χ2n) is 4.54. The minimum absolute atomic E-state index is 0.158. The Morgan fingerprint density at radius 2 is 2.17 bits per heavy atom. The molecule has 1 heterocycles. The Bertz CT molecular complexity index is 405. The number of thioether (sulfide) groups is 1. The van der Waals surface area contributed by atoms with E-state index < -0.39 is 0 Å². The van der Waals surface area contributed by atoms with E-state index in [1.165, 1.54) is 0 Å². The highest BCUT2D eigenvalue weighted by Crippen LogP contribution is 2.20. The van der Waals surface area contributed by atoms with Crippen molar-refractivity contribution in [1.82, 2.24) is 4.90 Å². The van der Waals surface area contributed by atoms with Crippen LogP contribution in [0.5, 0.6) is 0 Å². The van der Waals surface area contributed by atoms with Gasteiger partial charge in [-0.1, -0.05) is 6.92 Å². The first kappa shape index (κ1) is 13.3. The maximum absolute atomic E-state index is 12.3. The quantitative estimate of drug-likeness (QED) is 0.911. The zero-order valence-corrected chi connectivity index (χ0v) is 11.8. The third-order valence-electron chi connectivity index (χ3n) is 3.04. The molecule has 3 nitrogen and oxygen atoms in total. The van der Waals surface area contributed by atoms with Crippen LogP contribution in [0.4, 0.5) is 5.69 Å². The molecule has 1 aliphatic rings. The summed E-state index contributed by atoms with van der Waals surface area (Å²) in [5, 5.41) is 3.78. The number of hydrogen-bond donors (Lipinski definition) is 1. The predicted octanol–water partition coefficient (Wildman–Crippen LogP) is 2.70. The van der Waals surface area contributed by atoms with E-state index in [-0.39, 0.29) is 5.91 Å². The van der Waals surface area contributed by atoms with E-state index in [0.717, 1.165) is 36.6 Å². The van der Waals surface area contributed by atoms with E-state index in [1.54, 1.807) is 0 Å². The molecule has 0 aromatic heterocycles. The molecule has 4 heteroatoms. The molecule has 1 atom stereocenters. The maximum atomic E-state index is 12.3. The van der Waals surface area contributed by atoms with E-state index in [1.807, 2.05) is 40.9 Å². The largest absolute Gasteiger partial charge is 0.385 e. The van der Waals surface area contributed by atoms with Crippen LogP contribution in [-0.4, -0.2) is 41.4 Å². The number of carbonyl (C=O) groups excluding carboxylic acids is 1. The van der Waals surface area contributed by atoms with E-state index in [9.17, 15) is 4.79 Å².